The summed E-state index contributed by atoms with van der Waals surface area (Å²) in [6.07, 6.45) is 1.97. The Morgan fingerprint density at radius 1 is 1.37 bits per heavy atom. The molecule has 0 aliphatic carbocycles. The molecular weight excluding hydrogens is 309 g/mol. The number of hydrogen-bond donors (Lipinski definition) is 1. The van der Waals surface area contributed by atoms with Crippen LogP contribution in [0.1, 0.15) is 42.6 Å². The Morgan fingerprint density at radius 2 is 2.00 bits per heavy atom. The van der Waals surface area contributed by atoms with Gasteiger partial charge in [-0.2, -0.15) is 0 Å². The van der Waals surface area contributed by atoms with E-state index in [2.05, 4.69) is 35.1 Å². The van der Waals surface area contributed by atoms with Gasteiger partial charge in [-0.25, -0.2) is 4.39 Å². The number of benzene rings is 1. The van der Waals surface area contributed by atoms with Gasteiger partial charge in [-0.05, 0) is 42.9 Å². The molecule has 0 spiro atoms. The Bertz CT molecular complexity index is 436. The number of amides is 1. The third-order valence-corrected chi connectivity index (χ3v) is 5.04. The van der Waals surface area contributed by atoms with Crippen LogP contribution in [-0.4, -0.2) is 17.8 Å². The van der Waals surface area contributed by atoms with Crippen molar-refractivity contribution in [1.82, 2.24) is 5.32 Å². The van der Waals surface area contributed by atoms with Gasteiger partial charge in [-0.3, -0.25) is 4.79 Å². The summed E-state index contributed by atoms with van der Waals surface area (Å²) in [5.41, 5.74) is 1.27. The van der Waals surface area contributed by atoms with Crippen LogP contribution in [-0.2, 0) is 0 Å². The molecule has 0 atom stereocenters. The lowest BCUT2D eigenvalue weighted by molar-refractivity contribution is 0.0931. The lowest BCUT2D eigenvalue weighted by Gasteiger charge is -2.29. The summed E-state index contributed by atoms with van der Waals surface area (Å²) in [6, 6.07) is 4.28. The van der Waals surface area contributed by atoms with E-state index < -0.39 is 0 Å². The van der Waals surface area contributed by atoms with E-state index in [-0.39, 0.29) is 17.1 Å². The first kappa shape index (κ1) is 16.2. The van der Waals surface area contributed by atoms with Crippen LogP contribution in [0, 0.1) is 18.2 Å². The van der Waals surface area contributed by atoms with Crippen molar-refractivity contribution in [3.05, 3.63) is 35.1 Å². The number of carbonyl (C=O) groups is 1. The number of aryl methyl sites for hydroxylation is 1. The van der Waals surface area contributed by atoms with Crippen LogP contribution >= 0.6 is 15.9 Å². The van der Waals surface area contributed by atoms with Crippen molar-refractivity contribution in [2.75, 3.05) is 11.9 Å². The second-order valence-electron chi connectivity index (χ2n) is 4.98. The maximum absolute atomic E-state index is 13.2. The molecule has 0 saturated heterocycles. The van der Waals surface area contributed by atoms with Crippen molar-refractivity contribution < 1.29 is 9.18 Å². The zero-order valence-corrected chi connectivity index (χ0v) is 13.3. The molecule has 0 unspecified atom stereocenters. The number of alkyl halides is 1. The molecule has 19 heavy (non-hydrogen) atoms. The van der Waals surface area contributed by atoms with Crippen LogP contribution in [0.15, 0.2) is 18.2 Å². The van der Waals surface area contributed by atoms with Crippen molar-refractivity contribution in [2.45, 2.75) is 33.6 Å². The highest BCUT2D eigenvalue weighted by Crippen LogP contribution is 2.27. The Morgan fingerprint density at radius 3 is 2.53 bits per heavy atom. The van der Waals surface area contributed by atoms with Crippen molar-refractivity contribution >= 4 is 21.8 Å². The van der Waals surface area contributed by atoms with Gasteiger partial charge in [-0.1, -0.05) is 35.8 Å². The van der Waals surface area contributed by atoms with Gasteiger partial charge in [0.05, 0.1) is 0 Å². The molecule has 1 amide bonds. The van der Waals surface area contributed by atoms with Crippen molar-refractivity contribution in [3.63, 3.8) is 0 Å². The van der Waals surface area contributed by atoms with Gasteiger partial charge in [0, 0.05) is 17.4 Å². The van der Waals surface area contributed by atoms with E-state index in [1.807, 2.05) is 6.92 Å². The molecule has 0 aliphatic rings. The van der Waals surface area contributed by atoms with Gasteiger partial charge in [0.2, 0.25) is 0 Å². The molecule has 0 bridgehead atoms. The molecule has 0 aromatic heterocycles. The molecule has 0 radical (unpaired) electrons. The van der Waals surface area contributed by atoms with E-state index >= 15 is 0 Å². The van der Waals surface area contributed by atoms with Crippen LogP contribution in [0.25, 0.3) is 0 Å². The molecule has 106 valence electrons. The normalized spacial score (nSPS) is 11.4. The molecule has 1 aromatic carbocycles. The van der Waals surface area contributed by atoms with Crippen LogP contribution in [0.3, 0.4) is 0 Å². The maximum Gasteiger partial charge on any atom is 0.251 e. The summed E-state index contributed by atoms with van der Waals surface area (Å²) >= 11 is 3.51. The van der Waals surface area contributed by atoms with Gasteiger partial charge in [-0.15, -0.1) is 0 Å². The summed E-state index contributed by atoms with van der Waals surface area (Å²) in [4.78, 5) is 12.1. The standard InChI is InChI=1S/C15H21BrFNO/c1-4-15(5-2,9-16)10-18-14(19)13-8-12(17)7-6-11(13)3/h6-8H,4-5,9-10H2,1-3H3,(H,18,19). The zero-order chi connectivity index (χ0) is 14.5. The lowest BCUT2D eigenvalue weighted by Crippen LogP contribution is -2.38. The molecular formula is C15H21BrFNO. The minimum Gasteiger partial charge on any atom is -0.351 e. The topological polar surface area (TPSA) is 29.1 Å². The fraction of sp³-hybridized carbons (Fsp3) is 0.533. The Labute approximate surface area is 122 Å². The summed E-state index contributed by atoms with van der Waals surface area (Å²) in [5.74, 6) is -0.585. The molecule has 0 fully saturated rings. The summed E-state index contributed by atoms with van der Waals surface area (Å²) in [7, 11) is 0. The van der Waals surface area contributed by atoms with Crippen molar-refractivity contribution in [2.24, 2.45) is 5.41 Å². The molecule has 2 nitrogen and oxygen atoms in total. The van der Waals surface area contributed by atoms with Crippen LogP contribution in [0.2, 0.25) is 0 Å². The minimum absolute atomic E-state index is 0.0664. The van der Waals surface area contributed by atoms with Crippen molar-refractivity contribution in [1.29, 1.82) is 0 Å². The highest BCUT2D eigenvalue weighted by atomic mass is 79.9. The van der Waals surface area contributed by atoms with E-state index in [0.29, 0.717) is 12.1 Å². The van der Waals surface area contributed by atoms with Gasteiger partial charge in [0.1, 0.15) is 5.82 Å². The van der Waals surface area contributed by atoms with E-state index in [0.717, 1.165) is 23.7 Å². The number of nitrogens with one attached hydrogen (secondary N) is 1. The summed E-state index contributed by atoms with van der Waals surface area (Å²) in [5, 5.41) is 3.77. The Kier molecular flexibility index (Phi) is 5.98. The van der Waals surface area contributed by atoms with Crippen LogP contribution in [0.4, 0.5) is 4.39 Å². The Hall–Kier alpha value is -0.900. The predicted octanol–water partition coefficient (Wildman–Crippen LogP) is 4.07. The van der Waals surface area contributed by atoms with Gasteiger partial charge >= 0.3 is 0 Å². The lowest BCUT2D eigenvalue weighted by atomic mass is 9.84. The predicted molar refractivity (Wildman–Crippen MR) is 80.3 cm³/mol. The van der Waals surface area contributed by atoms with Gasteiger partial charge in [0.25, 0.3) is 5.91 Å². The van der Waals surface area contributed by atoms with E-state index in [1.54, 1.807) is 6.07 Å². The maximum atomic E-state index is 13.2. The molecule has 0 heterocycles. The van der Waals surface area contributed by atoms with Gasteiger partial charge < -0.3 is 5.32 Å². The van der Waals surface area contributed by atoms with Crippen molar-refractivity contribution in [3.8, 4) is 0 Å². The largest absolute Gasteiger partial charge is 0.351 e. The minimum atomic E-state index is -0.381. The average molecular weight is 330 g/mol. The average Bonchev–Trinajstić information content (AvgIpc) is 2.43. The molecule has 4 heteroatoms. The number of halogens is 2. The molecule has 0 saturated carbocycles. The second-order valence-corrected chi connectivity index (χ2v) is 5.54. The smallest absolute Gasteiger partial charge is 0.251 e. The highest BCUT2D eigenvalue weighted by molar-refractivity contribution is 9.09. The van der Waals surface area contributed by atoms with Crippen LogP contribution in [0.5, 0.6) is 0 Å². The first-order chi connectivity index (χ1) is 8.98. The SMILES string of the molecule is CCC(CC)(CBr)CNC(=O)c1cc(F)ccc1C. The monoisotopic (exact) mass is 329 g/mol. The number of hydrogen-bond acceptors (Lipinski definition) is 1. The number of rotatable bonds is 6. The van der Waals surface area contributed by atoms with Crippen LogP contribution < -0.4 is 5.32 Å². The van der Waals surface area contributed by atoms with E-state index in [4.69, 9.17) is 0 Å². The molecule has 1 rings (SSSR count). The summed E-state index contributed by atoms with van der Waals surface area (Å²) in [6.45, 7) is 6.64. The van der Waals surface area contributed by atoms with E-state index in [9.17, 15) is 9.18 Å². The Balaban J connectivity index is 2.77. The zero-order valence-electron chi connectivity index (χ0n) is 11.7. The quantitative estimate of drug-likeness (QED) is 0.783. The van der Waals surface area contributed by atoms with E-state index in [1.165, 1.54) is 12.1 Å². The molecule has 0 aliphatic heterocycles. The summed E-state index contributed by atoms with van der Waals surface area (Å²) < 4.78 is 13.2. The molecule has 1 N–H and O–H groups in total. The first-order valence-corrected chi connectivity index (χ1v) is 7.70. The fourth-order valence-electron chi connectivity index (χ4n) is 1.94. The highest BCUT2D eigenvalue weighted by Gasteiger charge is 2.25. The third-order valence-electron chi connectivity index (χ3n) is 3.85. The first-order valence-electron chi connectivity index (χ1n) is 6.58. The third kappa shape index (κ3) is 4.03. The number of carbonyl (C=O) groups excluding carboxylic acids is 1. The second kappa shape index (κ2) is 7.04. The molecule has 1 aromatic rings. The van der Waals surface area contributed by atoms with Gasteiger partial charge in [0.15, 0.2) is 0 Å². The fourth-order valence-corrected chi connectivity index (χ4v) is 2.93.